The lowest BCUT2D eigenvalue weighted by Crippen LogP contribution is -2.34. The van der Waals surface area contributed by atoms with Crippen molar-refractivity contribution in [3.63, 3.8) is 0 Å². The molecule has 1 aliphatic heterocycles. The number of rotatable bonds is 1. The number of hydrogen-bond donors (Lipinski definition) is 1. The highest BCUT2D eigenvalue weighted by Gasteiger charge is 2.19. The van der Waals surface area contributed by atoms with E-state index in [0.29, 0.717) is 5.38 Å². The van der Waals surface area contributed by atoms with Crippen LogP contribution in [0.1, 0.15) is 12.8 Å². The Morgan fingerprint density at radius 3 is 2.75 bits per heavy atom. The average molecular weight is 236 g/mol. The number of para-hydroxylation sites is 2. The molecule has 0 unspecified atom stereocenters. The van der Waals surface area contributed by atoms with Crippen molar-refractivity contribution in [2.24, 2.45) is 0 Å². The highest BCUT2D eigenvalue weighted by molar-refractivity contribution is 6.20. The highest BCUT2D eigenvalue weighted by atomic mass is 35.5. The first-order valence-corrected chi connectivity index (χ1v) is 6.10. The fraction of sp³-hybridized carbons (Fsp3) is 0.417. The molecule has 1 fully saturated rings. The van der Waals surface area contributed by atoms with E-state index >= 15 is 0 Å². The number of benzene rings is 1. The molecule has 2 aromatic rings. The zero-order chi connectivity index (χ0) is 11.0. The fourth-order valence-electron chi connectivity index (χ4n) is 2.15. The second kappa shape index (κ2) is 3.98. The molecule has 0 atom stereocenters. The van der Waals surface area contributed by atoms with Crippen LogP contribution < -0.4 is 4.90 Å². The Bertz CT molecular complexity index is 453. The van der Waals surface area contributed by atoms with Gasteiger partial charge < -0.3 is 9.88 Å². The molecule has 3 rings (SSSR count). The van der Waals surface area contributed by atoms with Crippen LogP contribution in [0.3, 0.4) is 0 Å². The Morgan fingerprint density at radius 1 is 1.25 bits per heavy atom. The van der Waals surface area contributed by atoms with Gasteiger partial charge in [-0.15, -0.1) is 11.6 Å². The molecule has 2 heterocycles. The van der Waals surface area contributed by atoms with E-state index < -0.39 is 0 Å². The lowest BCUT2D eigenvalue weighted by atomic mass is 10.1. The zero-order valence-electron chi connectivity index (χ0n) is 8.99. The molecule has 1 aromatic heterocycles. The van der Waals surface area contributed by atoms with E-state index in [-0.39, 0.29) is 0 Å². The second-order valence-electron chi connectivity index (χ2n) is 4.24. The Labute approximate surface area is 99.4 Å². The number of nitrogens with one attached hydrogen (secondary N) is 1. The third-order valence-corrected chi connectivity index (χ3v) is 3.54. The number of halogens is 1. The Hall–Kier alpha value is -1.22. The summed E-state index contributed by atoms with van der Waals surface area (Å²) in [5.74, 6) is 0.977. The molecule has 0 bridgehead atoms. The molecule has 0 saturated carbocycles. The summed E-state index contributed by atoms with van der Waals surface area (Å²) >= 11 is 6.09. The SMILES string of the molecule is ClC1CCN(c2nc3ccccc3[nH]2)CC1. The normalized spacial score (nSPS) is 18.2. The number of imidazole rings is 1. The average Bonchev–Trinajstić information content (AvgIpc) is 2.73. The van der Waals surface area contributed by atoms with E-state index in [9.17, 15) is 0 Å². The van der Waals surface area contributed by atoms with Crippen LogP contribution in [0, 0.1) is 0 Å². The fourth-order valence-corrected chi connectivity index (χ4v) is 2.34. The molecule has 1 aromatic carbocycles. The number of piperidine rings is 1. The Morgan fingerprint density at radius 2 is 2.00 bits per heavy atom. The van der Waals surface area contributed by atoms with Gasteiger partial charge in [0, 0.05) is 18.5 Å². The second-order valence-corrected chi connectivity index (χ2v) is 4.86. The van der Waals surface area contributed by atoms with Crippen LogP contribution in [0.2, 0.25) is 0 Å². The monoisotopic (exact) mass is 235 g/mol. The molecule has 0 spiro atoms. The summed E-state index contributed by atoms with van der Waals surface area (Å²) in [6.07, 6.45) is 2.08. The Balaban J connectivity index is 1.88. The number of H-pyrrole nitrogens is 1. The Kier molecular flexibility index (Phi) is 2.48. The number of aromatic amines is 1. The van der Waals surface area contributed by atoms with E-state index in [2.05, 4.69) is 20.9 Å². The van der Waals surface area contributed by atoms with Gasteiger partial charge in [-0.1, -0.05) is 12.1 Å². The smallest absolute Gasteiger partial charge is 0.203 e. The molecule has 0 amide bonds. The minimum atomic E-state index is 0.334. The molecule has 84 valence electrons. The van der Waals surface area contributed by atoms with Crippen molar-refractivity contribution in [3.05, 3.63) is 24.3 Å². The van der Waals surface area contributed by atoms with Crippen molar-refractivity contribution in [1.29, 1.82) is 0 Å². The van der Waals surface area contributed by atoms with Crippen LogP contribution in [0.15, 0.2) is 24.3 Å². The van der Waals surface area contributed by atoms with Crippen LogP contribution in [-0.4, -0.2) is 28.4 Å². The topological polar surface area (TPSA) is 31.9 Å². The maximum atomic E-state index is 6.09. The number of hydrogen-bond acceptors (Lipinski definition) is 2. The molecule has 1 aliphatic rings. The number of aromatic nitrogens is 2. The quantitative estimate of drug-likeness (QED) is 0.771. The van der Waals surface area contributed by atoms with Gasteiger partial charge in [0.05, 0.1) is 11.0 Å². The minimum Gasteiger partial charge on any atom is -0.342 e. The van der Waals surface area contributed by atoms with Gasteiger partial charge in [-0.3, -0.25) is 0 Å². The van der Waals surface area contributed by atoms with Crippen molar-refractivity contribution in [1.82, 2.24) is 9.97 Å². The number of nitrogens with zero attached hydrogens (tertiary/aromatic N) is 2. The van der Waals surface area contributed by atoms with Crippen molar-refractivity contribution >= 4 is 28.6 Å². The summed E-state index contributed by atoms with van der Waals surface area (Å²) in [5, 5.41) is 0.334. The number of alkyl halides is 1. The summed E-state index contributed by atoms with van der Waals surface area (Å²) in [4.78, 5) is 10.2. The van der Waals surface area contributed by atoms with Gasteiger partial charge >= 0.3 is 0 Å². The largest absolute Gasteiger partial charge is 0.342 e. The first kappa shape index (κ1) is 9.97. The van der Waals surface area contributed by atoms with E-state index in [1.807, 2.05) is 18.2 Å². The maximum Gasteiger partial charge on any atom is 0.203 e. The summed E-state index contributed by atoms with van der Waals surface area (Å²) < 4.78 is 0. The first-order chi connectivity index (χ1) is 7.83. The predicted molar refractivity (Wildman–Crippen MR) is 67.2 cm³/mol. The molecule has 16 heavy (non-hydrogen) atoms. The molecular weight excluding hydrogens is 222 g/mol. The molecule has 1 saturated heterocycles. The third kappa shape index (κ3) is 1.76. The molecular formula is C12H14ClN3. The van der Waals surface area contributed by atoms with Crippen LogP contribution in [0.5, 0.6) is 0 Å². The third-order valence-electron chi connectivity index (χ3n) is 3.10. The molecule has 4 heteroatoms. The highest BCUT2D eigenvalue weighted by Crippen LogP contribution is 2.22. The first-order valence-electron chi connectivity index (χ1n) is 5.67. The van der Waals surface area contributed by atoms with Gasteiger partial charge in [0.1, 0.15) is 0 Å². The van der Waals surface area contributed by atoms with E-state index in [0.717, 1.165) is 42.9 Å². The van der Waals surface area contributed by atoms with Crippen molar-refractivity contribution in [2.75, 3.05) is 18.0 Å². The van der Waals surface area contributed by atoms with Crippen LogP contribution in [0.25, 0.3) is 11.0 Å². The zero-order valence-corrected chi connectivity index (χ0v) is 9.74. The van der Waals surface area contributed by atoms with Crippen LogP contribution in [0.4, 0.5) is 5.95 Å². The molecule has 1 N–H and O–H groups in total. The minimum absolute atomic E-state index is 0.334. The number of fused-ring (bicyclic) bond motifs is 1. The predicted octanol–water partition coefficient (Wildman–Crippen LogP) is 2.77. The van der Waals surface area contributed by atoms with Crippen molar-refractivity contribution in [2.45, 2.75) is 18.2 Å². The van der Waals surface area contributed by atoms with Crippen LogP contribution >= 0.6 is 11.6 Å². The molecule has 0 aliphatic carbocycles. The van der Waals surface area contributed by atoms with Crippen LogP contribution in [-0.2, 0) is 0 Å². The van der Waals surface area contributed by atoms with Gasteiger partial charge in [-0.05, 0) is 25.0 Å². The van der Waals surface area contributed by atoms with Gasteiger partial charge in [0.15, 0.2) is 0 Å². The lowest BCUT2D eigenvalue weighted by Gasteiger charge is -2.28. The van der Waals surface area contributed by atoms with Gasteiger partial charge in [-0.25, -0.2) is 4.98 Å². The van der Waals surface area contributed by atoms with Crippen molar-refractivity contribution in [3.8, 4) is 0 Å². The van der Waals surface area contributed by atoms with Gasteiger partial charge in [0.2, 0.25) is 5.95 Å². The lowest BCUT2D eigenvalue weighted by molar-refractivity contribution is 0.577. The molecule has 3 nitrogen and oxygen atoms in total. The standard InChI is InChI=1S/C12H14ClN3/c13-9-5-7-16(8-6-9)12-14-10-3-1-2-4-11(10)15-12/h1-4,9H,5-8H2,(H,14,15). The summed E-state index contributed by atoms with van der Waals surface area (Å²) in [5.41, 5.74) is 2.14. The summed E-state index contributed by atoms with van der Waals surface area (Å²) in [6.45, 7) is 1.99. The van der Waals surface area contributed by atoms with Crippen molar-refractivity contribution < 1.29 is 0 Å². The number of anilines is 1. The van der Waals surface area contributed by atoms with Gasteiger partial charge in [0.25, 0.3) is 0 Å². The van der Waals surface area contributed by atoms with E-state index in [1.165, 1.54) is 0 Å². The van der Waals surface area contributed by atoms with E-state index in [1.54, 1.807) is 0 Å². The maximum absolute atomic E-state index is 6.09. The summed E-state index contributed by atoms with van der Waals surface area (Å²) in [7, 11) is 0. The molecule has 0 radical (unpaired) electrons. The van der Waals surface area contributed by atoms with E-state index in [4.69, 9.17) is 11.6 Å². The van der Waals surface area contributed by atoms with Gasteiger partial charge in [-0.2, -0.15) is 0 Å². The summed E-state index contributed by atoms with van der Waals surface area (Å²) in [6, 6.07) is 8.12.